The second-order valence-electron chi connectivity index (χ2n) is 6.06. The van der Waals surface area contributed by atoms with Crippen LogP contribution in [0.5, 0.6) is 0 Å². The van der Waals surface area contributed by atoms with Crippen LogP contribution in [0, 0.1) is 5.92 Å². The highest BCUT2D eigenvalue weighted by Gasteiger charge is 2.27. The zero-order valence-corrected chi connectivity index (χ0v) is 12.0. The highest BCUT2D eigenvalue weighted by atomic mass is 16.2. The summed E-state index contributed by atoms with van der Waals surface area (Å²) in [4.78, 5) is 14.3. The van der Waals surface area contributed by atoms with Gasteiger partial charge in [-0.25, -0.2) is 0 Å². The molecule has 2 fully saturated rings. The summed E-state index contributed by atoms with van der Waals surface area (Å²) in [6.07, 6.45) is 8.85. The summed E-state index contributed by atoms with van der Waals surface area (Å²) in [7, 11) is 0. The molecule has 1 saturated heterocycles. The van der Waals surface area contributed by atoms with Gasteiger partial charge in [-0.3, -0.25) is 4.79 Å². The first-order chi connectivity index (χ1) is 8.70. The zero-order chi connectivity index (χ0) is 13.0. The van der Waals surface area contributed by atoms with Crippen molar-refractivity contribution in [2.45, 2.75) is 70.9 Å². The molecule has 1 aliphatic heterocycles. The Hall–Kier alpha value is -0.570. The van der Waals surface area contributed by atoms with Gasteiger partial charge in [-0.05, 0) is 38.5 Å². The smallest absolute Gasteiger partial charge is 0.239 e. The van der Waals surface area contributed by atoms with Gasteiger partial charge in [-0.2, -0.15) is 0 Å². The van der Waals surface area contributed by atoms with Crippen molar-refractivity contribution in [1.82, 2.24) is 10.2 Å². The summed E-state index contributed by atoms with van der Waals surface area (Å²) in [5.41, 5.74) is 0. The molecule has 104 valence electrons. The summed E-state index contributed by atoms with van der Waals surface area (Å²) < 4.78 is 0. The van der Waals surface area contributed by atoms with Gasteiger partial charge in [0.25, 0.3) is 0 Å². The fourth-order valence-corrected chi connectivity index (χ4v) is 3.45. The Morgan fingerprint density at radius 1 is 1.28 bits per heavy atom. The van der Waals surface area contributed by atoms with Gasteiger partial charge in [0, 0.05) is 19.1 Å². The Morgan fingerprint density at radius 2 is 2.00 bits per heavy atom. The molecule has 0 spiro atoms. The van der Waals surface area contributed by atoms with E-state index in [0.29, 0.717) is 11.9 Å². The van der Waals surface area contributed by atoms with Crippen molar-refractivity contribution < 1.29 is 4.79 Å². The van der Waals surface area contributed by atoms with Crippen LogP contribution in [0.2, 0.25) is 0 Å². The number of nitrogens with zero attached hydrogens (tertiary/aromatic N) is 1. The number of hydrogen-bond acceptors (Lipinski definition) is 2. The molecule has 3 atom stereocenters. The van der Waals surface area contributed by atoms with Crippen LogP contribution in [0.4, 0.5) is 0 Å². The monoisotopic (exact) mass is 252 g/mol. The van der Waals surface area contributed by atoms with Crippen molar-refractivity contribution in [1.29, 1.82) is 0 Å². The van der Waals surface area contributed by atoms with Crippen LogP contribution < -0.4 is 5.32 Å². The lowest BCUT2D eigenvalue weighted by Crippen LogP contribution is -2.48. The van der Waals surface area contributed by atoms with E-state index in [-0.39, 0.29) is 6.04 Å². The van der Waals surface area contributed by atoms with Gasteiger partial charge in [-0.15, -0.1) is 0 Å². The summed E-state index contributed by atoms with van der Waals surface area (Å²) in [5.74, 6) is 1.18. The predicted molar refractivity (Wildman–Crippen MR) is 74.4 cm³/mol. The van der Waals surface area contributed by atoms with Crippen molar-refractivity contribution in [2.75, 3.05) is 13.1 Å². The Bertz CT molecular complexity index is 274. The molecule has 18 heavy (non-hydrogen) atoms. The molecule has 1 aliphatic carbocycles. The minimum absolute atomic E-state index is 0.00343. The lowest BCUT2D eigenvalue weighted by atomic mass is 9.84. The average Bonchev–Trinajstić information content (AvgIpc) is 2.92. The van der Waals surface area contributed by atoms with Gasteiger partial charge in [-0.1, -0.05) is 26.2 Å². The van der Waals surface area contributed by atoms with E-state index in [1.165, 1.54) is 44.9 Å². The summed E-state index contributed by atoms with van der Waals surface area (Å²) in [5, 5.41) is 3.57. The third-order valence-electron chi connectivity index (χ3n) is 4.63. The van der Waals surface area contributed by atoms with Crippen molar-refractivity contribution in [2.24, 2.45) is 5.92 Å². The highest BCUT2D eigenvalue weighted by Crippen LogP contribution is 2.26. The maximum absolute atomic E-state index is 12.2. The first kappa shape index (κ1) is 13.9. The summed E-state index contributed by atoms with van der Waals surface area (Å²) >= 11 is 0. The Morgan fingerprint density at radius 3 is 2.67 bits per heavy atom. The minimum atomic E-state index is 0.00343. The second kappa shape index (κ2) is 6.55. The van der Waals surface area contributed by atoms with Crippen LogP contribution in [-0.4, -0.2) is 36.0 Å². The van der Waals surface area contributed by atoms with E-state index in [4.69, 9.17) is 0 Å². The van der Waals surface area contributed by atoms with E-state index < -0.39 is 0 Å². The fourth-order valence-electron chi connectivity index (χ4n) is 3.45. The van der Waals surface area contributed by atoms with Gasteiger partial charge >= 0.3 is 0 Å². The molecule has 3 heteroatoms. The summed E-state index contributed by atoms with van der Waals surface area (Å²) in [6.45, 7) is 6.25. The highest BCUT2D eigenvalue weighted by molar-refractivity contribution is 5.81. The average molecular weight is 252 g/mol. The van der Waals surface area contributed by atoms with E-state index in [1.54, 1.807) is 0 Å². The number of carbonyl (C=O) groups is 1. The van der Waals surface area contributed by atoms with Crippen molar-refractivity contribution >= 4 is 5.91 Å². The van der Waals surface area contributed by atoms with Crippen LogP contribution in [0.3, 0.4) is 0 Å². The molecule has 0 aromatic rings. The van der Waals surface area contributed by atoms with Gasteiger partial charge in [0.05, 0.1) is 6.04 Å². The molecule has 1 N–H and O–H groups in total. The van der Waals surface area contributed by atoms with Crippen molar-refractivity contribution in [3.63, 3.8) is 0 Å². The molecule has 2 aliphatic rings. The first-order valence-electron chi connectivity index (χ1n) is 7.75. The Balaban J connectivity index is 1.78. The molecular weight excluding hydrogens is 224 g/mol. The quantitative estimate of drug-likeness (QED) is 0.834. The predicted octanol–water partition coefficient (Wildman–Crippen LogP) is 2.56. The Labute approximate surface area is 111 Å². The molecule has 0 bridgehead atoms. The van der Waals surface area contributed by atoms with Crippen molar-refractivity contribution in [3.8, 4) is 0 Å². The largest absolute Gasteiger partial charge is 0.341 e. The molecule has 1 heterocycles. The Kier molecular flexibility index (Phi) is 5.04. The molecule has 3 nitrogen and oxygen atoms in total. The fraction of sp³-hybridized carbons (Fsp3) is 0.933. The normalized spacial score (nSPS) is 30.4. The van der Waals surface area contributed by atoms with E-state index in [9.17, 15) is 4.79 Å². The topological polar surface area (TPSA) is 32.3 Å². The number of rotatable bonds is 4. The van der Waals surface area contributed by atoms with Gasteiger partial charge in [0.2, 0.25) is 5.91 Å². The molecule has 0 radical (unpaired) electrons. The third-order valence-corrected chi connectivity index (χ3v) is 4.63. The number of likely N-dealkylation sites (tertiary alicyclic amines) is 1. The van der Waals surface area contributed by atoms with Crippen LogP contribution >= 0.6 is 0 Å². The van der Waals surface area contributed by atoms with Crippen LogP contribution in [0.15, 0.2) is 0 Å². The van der Waals surface area contributed by atoms with E-state index in [2.05, 4.69) is 12.2 Å². The molecule has 0 aromatic heterocycles. The minimum Gasteiger partial charge on any atom is -0.341 e. The molecule has 0 aromatic carbocycles. The first-order valence-corrected chi connectivity index (χ1v) is 7.75. The number of hydrogen-bond donors (Lipinski definition) is 1. The molecule has 1 saturated carbocycles. The summed E-state index contributed by atoms with van der Waals surface area (Å²) in [6, 6.07) is 0.564. The van der Waals surface area contributed by atoms with E-state index >= 15 is 0 Å². The lowest BCUT2D eigenvalue weighted by molar-refractivity contribution is -0.132. The zero-order valence-electron chi connectivity index (χ0n) is 12.0. The number of carbonyl (C=O) groups excluding carboxylic acids is 1. The van der Waals surface area contributed by atoms with Gasteiger partial charge in [0.1, 0.15) is 0 Å². The maximum Gasteiger partial charge on any atom is 0.239 e. The lowest BCUT2D eigenvalue weighted by Gasteiger charge is -2.32. The molecule has 2 rings (SSSR count). The van der Waals surface area contributed by atoms with Crippen LogP contribution in [0.25, 0.3) is 0 Å². The van der Waals surface area contributed by atoms with Crippen LogP contribution in [0.1, 0.15) is 58.8 Å². The van der Waals surface area contributed by atoms with E-state index in [1.807, 2.05) is 11.8 Å². The number of amides is 1. The van der Waals surface area contributed by atoms with Gasteiger partial charge in [0.15, 0.2) is 0 Å². The molecule has 3 unspecified atom stereocenters. The SMILES string of the molecule is CCC1CCCC(NC(C)C(=O)N2CCCC2)C1. The number of nitrogens with one attached hydrogen (secondary N) is 1. The second-order valence-corrected chi connectivity index (χ2v) is 6.06. The van der Waals surface area contributed by atoms with Gasteiger partial charge < -0.3 is 10.2 Å². The standard InChI is InChI=1S/C15H28N2O/c1-3-13-7-6-8-14(11-13)16-12(2)15(18)17-9-4-5-10-17/h12-14,16H,3-11H2,1-2H3. The van der Waals surface area contributed by atoms with Crippen LogP contribution in [-0.2, 0) is 4.79 Å². The van der Waals surface area contributed by atoms with E-state index in [0.717, 1.165) is 19.0 Å². The maximum atomic E-state index is 12.2. The molecule has 1 amide bonds. The third kappa shape index (κ3) is 3.47. The van der Waals surface area contributed by atoms with Crippen molar-refractivity contribution in [3.05, 3.63) is 0 Å². The molecular formula is C15H28N2O.